The first kappa shape index (κ1) is 20.8. The normalized spacial score (nSPS) is 48.7. The molecule has 5 saturated carbocycles. The van der Waals surface area contributed by atoms with Gasteiger partial charge < -0.3 is 5.11 Å². The van der Waals surface area contributed by atoms with E-state index in [1.165, 1.54) is 25.5 Å². The number of Topliss-reactive ketones (excluding diaryl/α,β-unsaturated/α-hetero) is 1. The van der Waals surface area contributed by atoms with E-state index in [4.69, 9.17) is 6.57 Å². The van der Waals surface area contributed by atoms with Gasteiger partial charge in [-0.25, -0.2) is 9.53 Å². The average molecular weight is 440 g/mol. The lowest BCUT2D eigenvalue weighted by molar-refractivity contribution is -0.136. The molecular formula is C26H34FN3O2. The summed E-state index contributed by atoms with van der Waals surface area (Å²) in [5.74, 6) is 4.04. The van der Waals surface area contributed by atoms with Crippen molar-refractivity contribution in [2.75, 3.05) is 0 Å². The molecule has 6 rings (SSSR count). The number of ketones is 1. The molecular weight excluding hydrogens is 405 g/mol. The number of fused-ring (bicyclic) bond motifs is 7. The molecule has 0 unspecified atom stereocenters. The molecule has 10 atom stereocenters. The minimum absolute atomic E-state index is 0.00301. The lowest BCUT2D eigenvalue weighted by atomic mass is 9.48. The zero-order valence-corrected chi connectivity index (χ0v) is 19.1. The summed E-state index contributed by atoms with van der Waals surface area (Å²) in [5.41, 5.74) is -0.579. The molecule has 1 aromatic rings. The van der Waals surface area contributed by atoms with Gasteiger partial charge in [-0.15, -0.1) is 0 Å². The van der Waals surface area contributed by atoms with E-state index in [0.29, 0.717) is 29.6 Å². The van der Waals surface area contributed by atoms with E-state index in [2.05, 4.69) is 16.9 Å². The van der Waals surface area contributed by atoms with E-state index < -0.39 is 11.5 Å². The number of nitrogens with zero attached hydrogens (tertiary/aromatic N) is 3. The van der Waals surface area contributed by atoms with E-state index in [0.717, 1.165) is 48.6 Å². The Morgan fingerprint density at radius 2 is 1.97 bits per heavy atom. The van der Waals surface area contributed by atoms with Crippen LogP contribution in [0.3, 0.4) is 0 Å². The highest BCUT2D eigenvalue weighted by atomic mass is 19.1. The molecule has 0 saturated heterocycles. The first-order valence-corrected chi connectivity index (χ1v) is 12.6. The van der Waals surface area contributed by atoms with Gasteiger partial charge in [-0.3, -0.25) is 4.79 Å². The van der Waals surface area contributed by atoms with Gasteiger partial charge in [0.15, 0.2) is 5.78 Å². The summed E-state index contributed by atoms with van der Waals surface area (Å²) >= 11 is 0. The van der Waals surface area contributed by atoms with E-state index in [9.17, 15) is 14.3 Å². The predicted molar refractivity (Wildman–Crippen MR) is 117 cm³/mol. The van der Waals surface area contributed by atoms with E-state index in [1.54, 1.807) is 0 Å². The molecule has 1 heterocycles. The lowest BCUT2D eigenvalue weighted by Gasteiger charge is -2.57. The van der Waals surface area contributed by atoms with Crippen LogP contribution >= 0.6 is 0 Å². The zero-order valence-electron chi connectivity index (χ0n) is 19.1. The second-order valence-corrected chi connectivity index (χ2v) is 12.2. The molecule has 0 radical (unpaired) electrons. The minimum Gasteiger partial charge on any atom is -0.390 e. The van der Waals surface area contributed by atoms with Crippen molar-refractivity contribution in [2.45, 2.75) is 77.4 Å². The first-order chi connectivity index (χ1) is 15.2. The van der Waals surface area contributed by atoms with Gasteiger partial charge in [-0.2, -0.15) is 9.49 Å². The fourth-order valence-electron chi connectivity index (χ4n) is 9.45. The Kier molecular flexibility index (Phi) is 4.48. The molecule has 5 fully saturated rings. The van der Waals surface area contributed by atoms with Crippen molar-refractivity contribution in [1.82, 2.24) is 9.78 Å². The second-order valence-electron chi connectivity index (χ2n) is 12.2. The molecule has 5 aliphatic rings. The fraction of sp³-hybridized carbons (Fsp3) is 0.808. The maximum absolute atomic E-state index is 14.4. The maximum Gasteiger partial charge on any atom is 0.259 e. The quantitative estimate of drug-likeness (QED) is 0.673. The maximum atomic E-state index is 14.4. The van der Waals surface area contributed by atoms with Crippen LogP contribution in [0.25, 0.3) is 4.85 Å². The molecule has 0 amide bonds. The van der Waals surface area contributed by atoms with Crippen LogP contribution in [0.5, 0.6) is 0 Å². The van der Waals surface area contributed by atoms with Crippen molar-refractivity contribution >= 4 is 11.5 Å². The molecule has 5 nitrogen and oxygen atoms in total. The van der Waals surface area contributed by atoms with Gasteiger partial charge in [0.1, 0.15) is 6.54 Å². The van der Waals surface area contributed by atoms with Crippen LogP contribution < -0.4 is 0 Å². The molecule has 6 heteroatoms. The molecule has 172 valence electrons. The van der Waals surface area contributed by atoms with Crippen molar-refractivity contribution in [2.24, 2.45) is 52.8 Å². The van der Waals surface area contributed by atoms with Crippen molar-refractivity contribution in [3.05, 3.63) is 23.6 Å². The Balaban J connectivity index is 1.23. The average Bonchev–Trinajstić information content (AvgIpc) is 3.34. The fourth-order valence-corrected chi connectivity index (χ4v) is 9.45. The van der Waals surface area contributed by atoms with E-state index >= 15 is 0 Å². The number of hydrogen-bond acceptors (Lipinski definition) is 3. The number of hydrogen-bond donors (Lipinski definition) is 1. The van der Waals surface area contributed by atoms with Crippen LogP contribution in [-0.2, 0) is 11.3 Å². The van der Waals surface area contributed by atoms with E-state index in [1.807, 2.05) is 6.92 Å². The SMILES string of the molecule is [C-]#[N+]c1cnn(CC(=O)[C@H]2[C@H]3C[C@H]3[C@H]3[C@@H]4CC[C@@H]5C[C@](C)(O)CC[C@@H]5[C@H]4CC[C@@]32C)c1F. The molecule has 1 N–H and O–H groups in total. The highest BCUT2D eigenvalue weighted by molar-refractivity contribution is 5.83. The van der Waals surface area contributed by atoms with Crippen LogP contribution in [0.4, 0.5) is 10.1 Å². The Labute approximate surface area is 189 Å². The van der Waals surface area contributed by atoms with Gasteiger partial charge in [0.25, 0.3) is 5.69 Å². The lowest BCUT2D eigenvalue weighted by Crippen LogP contribution is -2.52. The van der Waals surface area contributed by atoms with E-state index in [-0.39, 0.29) is 29.3 Å². The number of halogens is 1. The Hall–Kier alpha value is -1.74. The van der Waals surface area contributed by atoms with Crippen molar-refractivity contribution in [3.63, 3.8) is 0 Å². The van der Waals surface area contributed by atoms with Gasteiger partial charge in [-0.1, -0.05) is 6.92 Å². The van der Waals surface area contributed by atoms with Crippen molar-refractivity contribution in [1.29, 1.82) is 0 Å². The van der Waals surface area contributed by atoms with Gasteiger partial charge in [0, 0.05) is 5.92 Å². The van der Waals surface area contributed by atoms with Crippen molar-refractivity contribution < 1.29 is 14.3 Å². The first-order valence-electron chi connectivity index (χ1n) is 12.6. The molecule has 0 aliphatic heterocycles. The Morgan fingerprint density at radius 3 is 2.72 bits per heavy atom. The predicted octanol–water partition coefficient (Wildman–Crippen LogP) is 5.02. The van der Waals surface area contributed by atoms with Crippen LogP contribution in [0.1, 0.15) is 65.2 Å². The molecule has 0 bridgehead atoms. The molecule has 32 heavy (non-hydrogen) atoms. The third-order valence-electron chi connectivity index (χ3n) is 10.6. The summed E-state index contributed by atoms with van der Waals surface area (Å²) in [6.45, 7) is 11.4. The van der Waals surface area contributed by atoms with Gasteiger partial charge in [0.2, 0.25) is 5.95 Å². The molecule has 0 spiro atoms. The third-order valence-corrected chi connectivity index (χ3v) is 10.6. The zero-order chi connectivity index (χ0) is 22.4. The number of carbonyl (C=O) groups is 1. The van der Waals surface area contributed by atoms with Crippen LogP contribution in [0.15, 0.2) is 6.20 Å². The minimum atomic E-state index is -0.685. The van der Waals surface area contributed by atoms with Crippen LogP contribution in [-0.4, -0.2) is 26.3 Å². The van der Waals surface area contributed by atoms with Crippen LogP contribution in [0.2, 0.25) is 0 Å². The number of aromatic nitrogens is 2. The highest BCUT2D eigenvalue weighted by Crippen LogP contribution is 2.74. The second kappa shape index (κ2) is 6.88. The number of rotatable bonds is 3. The number of carbonyl (C=O) groups excluding carboxylic acids is 1. The standard InChI is InChI=1S/C26H34FN3O2/c1-25(32)8-6-15-14(11-25)4-5-17-16(15)7-9-26(2)22(17)18-10-19(18)23(26)21(31)13-30-24(27)20(28-3)12-29-30/h12,14-19,22-23,32H,4-11,13H2,1-2H3/t14-,15+,16-,17-,18-,19+,22-,23-,25-,26+/m1/s1. The summed E-state index contributed by atoms with van der Waals surface area (Å²) in [7, 11) is 0. The molecule has 1 aromatic heterocycles. The summed E-state index contributed by atoms with van der Waals surface area (Å²) in [6.07, 6.45) is 10.2. The summed E-state index contributed by atoms with van der Waals surface area (Å²) in [5, 5.41) is 14.6. The Bertz CT molecular complexity index is 996. The highest BCUT2D eigenvalue weighted by Gasteiger charge is 2.70. The topological polar surface area (TPSA) is 59.5 Å². The smallest absolute Gasteiger partial charge is 0.259 e. The molecule has 0 aromatic carbocycles. The molecule has 5 aliphatic carbocycles. The van der Waals surface area contributed by atoms with Gasteiger partial charge in [-0.05, 0) is 105 Å². The third kappa shape index (κ3) is 2.89. The van der Waals surface area contributed by atoms with Gasteiger partial charge >= 0.3 is 0 Å². The largest absolute Gasteiger partial charge is 0.390 e. The van der Waals surface area contributed by atoms with Gasteiger partial charge in [0.05, 0.1) is 18.4 Å². The van der Waals surface area contributed by atoms with Crippen molar-refractivity contribution in [3.8, 4) is 0 Å². The van der Waals surface area contributed by atoms with Crippen LogP contribution in [0, 0.1) is 65.3 Å². The summed E-state index contributed by atoms with van der Waals surface area (Å²) < 4.78 is 15.5. The number of aliphatic hydroxyl groups is 1. The monoisotopic (exact) mass is 439 g/mol. The summed E-state index contributed by atoms with van der Waals surface area (Å²) in [4.78, 5) is 16.6. The summed E-state index contributed by atoms with van der Waals surface area (Å²) in [6, 6.07) is 0. The Morgan fingerprint density at radius 1 is 1.19 bits per heavy atom.